The number of aliphatic imine (C=N–C) groups is 1. The van der Waals surface area contributed by atoms with Crippen molar-refractivity contribution in [2.24, 2.45) is 4.99 Å². The van der Waals surface area contributed by atoms with E-state index in [0.29, 0.717) is 5.25 Å². The van der Waals surface area contributed by atoms with E-state index in [9.17, 15) is 5.11 Å². The van der Waals surface area contributed by atoms with Gasteiger partial charge >= 0.3 is 0 Å². The lowest BCUT2D eigenvalue weighted by molar-refractivity contribution is 0.235. The molecule has 0 aromatic heterocycles. The first-order valence-corrected chi connectivity index (χ1v) is 11.6. The Morgan fingerprint density at radius 2 is 1.63 bits per heavy atom. The van der Waals surface area contributed by atoms with E-state index in [0.717, 1.165) is 31.1 Å². The Bertz CT molecular complexity index is 798. The summed E-state index contributed by atoms with van der Waals surface area (Å²) >= 11 is 0. The Balaban J connectivity index is 1.45. The minimum atomic E-state index is -1.33. The van der Waals surface area contributed by atoms with Crippen molar-refractivity contribution in [1.82, 2.24) is 4.90 Å². The predicted molar refractivity (Wildman–Crippen MR) is 116 cm³/mol. The monoisotopic (exact) mass is 380 g/mol. The van der Waals surface area contributed by atoms with Crippen molar-refractivity contribution >= 4 is 15.1 Å². The molecule has 1 saturated heterocycles. The second-order valence-electron chi connectivity index (χ2n) is 7.27. The lowest BCUT2D eigenvalue weighted by Crippen LogP contribution is -2.40. The van der Waals surface area contributed by atoms with Crippen LogP contribution < -0.4 is 0 Å². The number of hydrogen-bond donors (Lipinski definition) is 1. The molecule has 0 aliphatic carbocycles. The fourth-order valence-electron chi connectivity index (χ4n) is 4.32. The predicted octanol–water partition coefficient (Wildman–Crippen LogP) is 4.43. The van der Waals surface area contributed by atoms with Crippen molar-refractivity contribution in [3.63, 3.8) is 0 Å². The molecule has 0 saturated carbocycles. The molecule has 0 bridgehead atoms. The molecule has 0 spiro atoms. The SMILES string of the molecule is OCC1=NC=CS1(c1ccccc1)C1CCN(CCc2ccccc2)CC1. The normalized spacial score (nSPS) is 25.9. The smallest absolute Gasteiger partial charge is 0.0905 e. The van der Waals surface area contributed by atoms with E-state index in [1.165, 1.54) is 23.3 Å². The maximum absolute atomic E-state index is 10.00. The van der Waals surface area contributed by atoms with E-state index >= 15 is 0 Å². The lowest BCUT2D eigenvalue weighted by atomic mass is 10.1. The average molecular weight is 381 g/mol. The van der Waals surface area contributed by atoms with Crippen LogP contribution in [0.3, 0.4) is 0 Å². The van der Waals surface area contributed by atoms with Gasteiger partial charge in [0.2, 0.25) is 0 Å². The Kier molecular flexibility index (Phi) is 5.77. The molecule has 2 aromatic carbocycles. The number of nitrogens with zero attached hydrogens (tertiary/aromatic N) is 2. The van der Waals surface area contributed by atoms with Gasteiger partial charge in [-0.2, -0.15) is 0 Å². The molecule has 3 nitrogen and oxygen atoms in total. The number of aliphatic hydroxyl groups is 1. The highest BCUT2D eigenvalue weighted by Crippen LogP contribution is 2.66. The summed E-state index contributed by atoms with van der Waals surface area (Å²) in [5, 5.41) is 13.8. The third-order valence-electron chi connectivity index (χ3n) is 5.77. The standard InChI is InChI=1S/C23H28N2OS/c26-19-23-24-14-18-27(23,21-9-5-2-6-10-21)22-12-16-25(17-13-22)15-11-20-7-3-1-4-8-20/h1-10,14,18,22,26H,11-13,15-17,19H2. The molecule has 0 radical (unpaired) electrons. The van der Waals surface area contributed by atoms with Crippen molar-refractivity contribution in [1.29, 1.82) is 0 Å². The van der Waals surface area contributed by atoms with Crippen molar-refractivity contribution in [2.45, 2.75) is 29.4 Å². The molecule has 0 amide bonds. The fraction of sp³-hybridized carbons (Fsp3) is 0.348. The molecular weight excluding hydrogens is 352 g/mol. The third kappa shape index (κ3) is 3.75. The summed E-state index contributed by atoms with van der Waals surface area (Å²) in [5.41, 5.74) is 1.42. The topological polar surface area (TPSA) is 35.8 Å². The van der Waals surface area contributed by atoms with E-state index in [2.05, 4.69) is 76.0 Å². The van der Waals surface area contributed by atoms with Gasteiger partial charge in [0, 0.05) is 18.0 Å². The summed E-state index contributed by atoms with van der Waals surface area (Å²) in [7, 11) is -1.33. The van der Waals surface area contributed by atoms with Crippen molar-refractivity contribution < 1.29 is 5.11 Å². The highest BCUT2D eigenvalue weighted by Gasteiger charge is 2.40. The first-order valence-electron chi connectivity index (χ1n) is 9.80. The van der Waals surface area contributed by atoms with Crippen molar-refractivity contribution in [3.05, 3.63) is 77.8 Å². The summed E-state index contributed by atoms with van der Waals surface area (Å²) in [6, 6.07) is 21.5. The van der Waals surface area contributed by atoms with Gasteiger partial charge in [0.15, 0.2) is 0 Å². The summed E-state index contributed by atoms with van der Waals surface area (Å²) in [5.74, 6) is 0. The maximum Gasteiger partial charge on any atom is 0.0905 e. The van der Waals surface area contributed by atoms with Gasteiger partial charge < -0.3 is 10.0 Å². The van der Waals surface area contributed by atoms with Crippen LogP contribution in [-0.2, 0) is 6.42 Å². The van der Waals surface area contributed by atoms with Crippen LogP contribution in [0.15, 0.2) is 82.2 Å². The number of rotatable bonds is 6. The zero-order valence-corrected chi connectivity index (χ0v) is 16.5. The largest absolute Gasteiger partial charge is 0.390 e. The van der Waals surface area contributed by atoms with Crippen LogP contribution in [0.2, 0.25) is 0 Å². The second-order valence-corrected chi connectivity index (χ2v) is 10.6. The van der Waals surface area contributed by atoms with Gasteiger partial charge in [-0.25, -0.2) is 0 Å². The summed E-state index contributed by atoms with van der Waals surface area (Å²) < 4.78 is 0. The molecule has 4 rings (SSSR count). The molecule has 1 fully saturated rings. The molecule has 2 heterocycles. The molecule has 27 heavy (non-hydrogen) atoms. The van der Waals surface area contributed by atoms with Crippen LogP contribution in [0.25, 0.3) is 0 Å². The van der Waals surface area contributed by atoms with Gasteiger partial charge in [0.05, 0.1) is 11.7 Å². The fourth-order valence-corrected chi connectivity index (χ4v) is 8.16. The number of aliphatic hydroxyl groups excluding tert-OH is 1. The van der Waals surface area contributed by atoms with E-state index in [1.54, 1.807) is 0 Å². The summed E-state index contributed by atoms with van der Waals surface area (Å²) in [6.45, 7) is 3.45. The minimum absolute atomic E-state index is 0.0610. The molecule has 1 N–H and O–H groups in total. The summed E-state index contributed by atoms with van der Waals surface area (Å²) in [6.07, 6.45) is 5.38. The van der Waals surface area contributed by atoms with Crippen LogP contribution in [0, 0.1) is 0 Å². The Morgan fingerprint density at radius 3 is 2.30 bits per heavy atom. The Hall–Kier alpha value is -1.88. The maximum atomic E-state index is 10.00. The molecule has 4 heteroatoms. The highest BCUT2D eigenvalue weighted by molar-refractivity contribution is 8.48. The summed E-state index contributed by atoms with van der Waals surface area (Å²) in [4.78, 5) is 8.50. The van der Waals surface area contributed by atoms with E-state index in [-0.39, 0.29) is 6.61 Å². The molecular formula is C23H28N2OS. The molecule has 1 atom stereocenters. The molecule has 2 aliphatic rings. The number of piperidine rings is 1. The quantitative estimate of drug-likeness (QED) is 0.804. The second kappa shape index (κ2) is 8.42. The molecule has 142 valence electrons. The number of hydrogen-bond acceptors (Lipinski definition) is 3. The highest BCUT2D eigenvalue weighted by atomic mass is 32.3. The van der Waals surface area contributed by atoms with Crippen molar-refractivity contribution in [3.8, 4) is 0 Å². The van der Waals surface area contributed by atoms with Gasteiger partial charge in [-0.15, -0.1) is 10.0 Å². The zero-order chi connectivity index (χ0) is 18.5. The first-order chi connectivity index (χ1) is 13.3. The van der Waals surface area contributed by atoms with Gasteiger partial charge in [-0.05, 0) is 60.4 Å². The van der Waals surface area contributed by atoms with Gasteiger partial charge in [0.25, 0.3) is 0 Å². The number of benzene rings is 2. The Labute approximate surface area is 163 Å². The van der Waals surface area contributed by atoms with Gasteiger partial charge in [0.1, 0.15) is 0 Å². The molecule has 1 unspecified atom stereocenters. The molecule has 2 aliphatic heterocycles. The third-order valence-corrected chi connectivity index (χ3v) is 9.91. The minimum Gasteiger partial charge on any atom is -0.390 e. The Morgan fingerprint density at radius 1 is 0.963 bits per heavy atom. The van der Waals surface area contributed by atoms with Crippen LogP contribution >= 0.6 is 10.0 Å². The number of likely N-dealkylation sites (tertiary alicyclic amines) is 1. The van der Waals surface area contributed by atoms with Crippen LogP contribution in [0.4, 0.5) is 0 Å². The first kappa shape index (κ1) is 18.5. The average Bonchev–Trinajstić information content (AvgIpc) is 3.19. The zero-order valence-electron chi connectivity index (χ0n) is 15.7. The van der Waals surface area contributed by atoms with Gasteiger partial charge in [-0.1, -0.05) is 48.5 Å². The lowest BCUT2D eigenvalue weighted by Gasteiger charge is -2.46. The van der Waals surface area contributed by atoms with Crippen LogP contribution in [0.1, 0.15) is 18.4 Å². The van der Waals surface area contributed by atoms with Crippen LogP contribution in [0.5, 0.6) is 0 Å². The van der Waals surface area contributed by atoms with Crippen LogP contribution in [-0.4, -0.2) is 46.5 Å². The van der Waals surface area contributed by atoms with E-state index in [1.807, 2.05) is 6.20 Å². The van der Waals surface area contributed by atoms with Crippen molar-refractivity contribution in [2.75, 3.05) is 26.2 Å². The van der Waals surface area contributed by atoms with E-state index in [4.69, 9.17) is 0 Å². The molecule has 2 aromatic rings. The van der Waals surface area contributed by atoms with Gasteiger partial charge in [-0.3, -0.25) is 4.99 Å². The van der Waals surface area contributed by atoms with E-state index < -0.39 is 10.0 Å².